The first-order chi connectivity index (χ1) is 9.45. The van der Waals surface area contributed by atoms with E-state index in [1.54, 1.807) is 17.0 Å². The monoisotopic (exact) mass is 277 g/mol. The van der Waals surface area contributed by atoms with Crippen LogP contribution in [0.25, 0.3) is 0 Å². The SMILES string of the molecule is CNC1(C)CCN(C(=O)c2cccc([N+](=O)[O-])c2)CC1. The highest BCUT2D eigenvalue weighted by Gasteiger charge is 2.30. The maximum atomic E-state index is 12.4. The van der Waals surface area contributed by atoms with Gasteiger partial charge in [0.05, 0.1) is 4.92 Å². The number of non-ortho nitro benzene ring substituents is 1. The first kappa shape index (κ1) is 14.5. The standard InChI is InChI=1S/C14H19N3O3/c1-14(15-2)6-8-16(9-7-14)13(18)11-4-3-5-12(10-11)17(19)20/h3-5,10,15H,6-9H2,1-2H3. The highest BCUT2D eigenvalue weighted by molar-refractivity contribution is 5.94. The highest BCUT2D eigenvalue weighted by atomic mass is 16.6. The van der Waals surface area contributed by atoms with Crippen molar-refractivity contribution in [1.29, 1.82) is 0 Å². The van der Waals surface area contributed by atoms with E-state index in [9.17, 15) is 14.9 Å². The van der Waals surface area contributed by atoms with E-state index in [0.29, 0.717) is 18.7 Å². The summed E-state index contributed by atoms with van der Waals surface area (Å²) < 4.78 is 0. The number of nitrogens with one attached hydrogen (secondary N) is 1. The number of piperidine rings is 1. The molecule has 20 heavy (non-hydrogen) atoms. The predicted octanol–water partition coefficient (Wildman–Crippen LogP) is 1.81. The quantitative estimate of drug-likeness (QED) is 0.675. The Morgan fingerprint density at radius 3 is 2.60 bits per heavy atom. The summed E-state index contributed by atoms with van der Waals surface area (Å²) in [5, 5.41) is 14.0. The fourth-order valence-electron chi connectivity index (χ4n) is 2.39. The molecule has 1 N–H and O–H groups in total. The molecule has 0 aliphatic carbocycles. The van der Waals surface area contributed by atoms with Gasteiger partial charge < -0.3 is 10.2 Å². The van der Waals surface area contributed by atoms with Gasteiger partial charge in [0.2, 0.25) is 0 Å². The van der Waals surface area contributed by atoms with Crippen LogP contribution in [0.1, 0.15) is 30.1 Å². The fourth-order valence-corrected chi connectivity index (χ4v) is 2.39. The minimum Gasteiger partial charge on any atom is -0.339 e. The van der Waals surface area contributed by atoms with E-state index in [4.69, 9.17) is 0 Å². The summed E-state index contributed by atoms with van der Waals surface area (Å²) in [6, 6.07) is 5.91. The van der Waals surface area contributed by atoms with Crippen LogP contribution in [0, 0.1) is 10.1 Å². The summed E-state index contributed by atoms with van der Waals surface area (Å²) >= 11 is 0. The molecule has 1 aliphatic rings. The lowest BCUT2D eigenvalue weighted by molar-refractivity contribution is -0.384. The van der Waals surface area contributed by atoms with Crippen LogP contribution in [-0.2, 0) is 0 Å². The van der Waals surface area contributed by atoms with Gasteiger partial charge in [0.1, 0.15) is 0 Å². The van der Waals surface area contributed by atoms with E-state index in [2.05, 4.69) is 12.2 Å². The van der Waals surface area contributed by atoms with Gasteiger partial charge in [0.25, 0.3) is 11.6 Å². The molecule has 0 saturated carbocycles. The van der Waals surface area contributed by atoms with E-state index in [1.165, 1.54) is 12.1 Å². The van der Waals surface area contributed by atoms with E-state index >= 15 is 0 Å². The van der Waals surface area contributed by atoms with Gasteiger partial charge in [-0.25, -0.2) is 0 Å². The second-order valence-electron chi connectivity index (χ2n) is 5.41. The van der Waals surface area contributed by atoms with Crippen LogP contribution in [0.2, 0.25) is 0 Å². The molecule has 2 rings (SSSR count). The third-order valence-corrected chi connectivity index (χ3v) is 4.06. The largest absolute Gasteiger partial charge is 0.339 e. The zero-order valence-corrected chi connectivity index (χ0v) is 11.8. The van der Waals surface area contributed by atoms with Gasteiger partial charge in [-0.2, -0.15) is 0 Å². The van der Waals surface area contributed by atoms with Gasteiger partial charge in [-0.3, -0.25) is 14.9 Å². The minimum absolute atomic E-state index is 0.0482. The van der Waals surface area contributed by atoms with Crippen LogP contribution in [0.3, 0.4) is 0 Å². The van der Waals surface area contributed by atoms with Crippen molar-refractivity contribution in [3.8, 4) is 0 Å². The van der Waals surface area contributed by atoms with Crippen molar-refractivity contribution in [3.63, 3.8) is 0 Å². The van der Waals surface area contributed by atoms with Gasteiger partial charge in [-0.05, 0) is 32.9 Å². The van der Waals surface area contributed by atoms with Crippen LogP contribution in [-0.4, -0.2) is 41.4 Å². The third kappa shape index (κ3) is 2.96. The molecule has 1 saturated heterocycles. The van der Waals surface area contributed by atoms with Crippen molar-refractivity contribution in [1.82, 2.24) is 10.2 Å². The number of rotatable bonds is 3. The molecule has 1 aromatic rings. The smallest absolute Gasteiger partial charge is 0.270 e. The molecule has 6 heteroatoms. The summed E-state index contributed by atoms with van der Waals surface area (Å²) in [4.78, 5) is 24.4. The molecule has 1 aromatic carbocycles. The van der Waals surface area contributed by atoms with Crippen molar-refractivity contribution >= 4 is 11.6 Å². The molecular formula is C14H19N3O3. The molecule has 1 heterocycles. The number of likely N-dealkylation sites (tertiary alicyclic amines) is 1. The first-order valence-electron chi connectivity index (χ1n) is 6.68. The Morgan fingerprint density at radius 2 is 2.05 bits per heavy atom. The number of amides is 1. The maximum absolute atomic E-state index is 12.4. The van der Waals surface area contributed by atoms with Crippen LogP contribution in [0.4, 0.5) is 5.69 Å². The number of nitro groups is 1. The van der Waals surface area contributed by atoms with E-state index in [0.717, 1.165) is 12.8 Å². The lowest BCUT2D eigenvalue weighted by Crippen LogP contribution is -2.51. The molecule has 6 nitrogen and oxygen atoms in total. The molecule has 1 aliphatic heterocycles. The molecule has 0 aromatic heterocycles. The molecule has 108 valence electrons. The number of hydrogen-bond acceptors (Lipinski definition) is 4. The van der Waals surface area contributed by atoms with Crippen molar-refractivity contribution in [2.24, 2.45) is 0 Å². The Hall–Kier alpha value is -1.95. The Kier molecular flexibility index (Phi) is 4.04. The van der Waals surface area contributed by atoms with Crippen molar-refractivity contribution in [3.05, 3.63) is 39.9 Å². The summed E-state index contributed by atoms with van der Waals surface area (Å²) in [5.74, 6) is -0.133. The van der Waals surface area contributed by atoms with Gasteiger partial charge >= 0.3 is 0 Å². The lowest BCUT2D eigenvalue weighted by Gasteiger charge is -2.39. The second kappa shape index (κ2) is 5.58. The molecule has 0 atom stereocenters. The summed E-state index contributed by atoms with van der Waals surface area (Å²) in [7, 11) is 1.93. The molecule has 0 bridgehead atoms. The number of nitro benzene ring substituents is 1. The van der Waals surface area contributed by atoms with Gasteiger partial charge in [0, 0.05) is 36.3 Å². The van der Waals surface area contributed by atoms with Crippen LogP contribution in [0.15, 0.2) is 24.3 Å². The molecular weight excluding hydrogens is 258 g/mol. The summed E-state index contributed by atoms with van der Waals surface area (Å²) in [6.45, 7) is 3.47. The number of hydrogen-bond donors (Lipinski definition) is 1. The summed E-state index contributed by atoms with van der Waals surface area (Å²) in [6.07, 6.45) is 1.76. The van der Waals surface area contributed by atoms with Gasteiger partial charge in [0.15, 0.2) is 0 Å². The van der Waals surface area contributed by atoms with E-state index < -0.39 is 4.92 Å². The van der Waals surface area contributed by atoms with Gasteiger partial charge in [-0.1, -0.05) is 6.07 Å². The second-order valence-corrected chi connectivity index (χ2v) is 5.41. The molecule has 0 spiro atoms. The van der Waals surface area contributed by atoms with Crippen LogP contribution >= 0.6 is 0 Å². The average molecular weight is 277 g/mol. The Labute approximate surface area is 117 Å². The zero-order chi connectivity index (χ0) is 14.8. The maximum Gasteiger partial charge on any atom is 0.270 e. The number of nitrogens with zero attached hydrogens (tertiary/aromatic N) is 2. The van der Waals surface area contributed by atoms with Crippen LogP contribution < -0.4 is 5.32 Å². The summed E-state index contributed by atoms with van der Waals surface area (Å²) in [5.41, 5.74) is 0.402. The van der Waals surface area contributed by atoms with Gasteiger partial charge in [-0.15, -0.1) is 0 Å². The molecule has 1 amide bonds. The molecule has 0 radical (unpaired) electrons. The van der Waals surface area contributed by atoms with E-state index in [-0.39, 0.29) is 17.1 Å². The number of carbonyl (C=O) groups excluding carboxylic acids is 1. The predicted molar refractivity (Wildman–Crippen MR) is 75.7 cm³/mol. The van der Waals surface area contributed by atoms with Crippen LogP contribution in [0.5, 0.6) is 0 Å². The Balaban J connectivity index is 2.09. The van der Waals surface area contributed by atoms with Crippen molar-refractivity contribution in [2.75, 3.05) is 20.1 Å². The Morgan fingerprint density at radius 1 is 1.40 bits per heavy atom. The first-order valence-corrected chi connectivity index (χ1v) is 6.68. The van der Waals surface area contributed by atoms with Crippen molar-refractivity contribution in [2.45, 2.75) is 25.3 Å². The minimum atomic E-state index is -0.481. The zero-order valence-electron chi connectivity index (χ0n) is 11.8. The normalized spacial score (nSPS) is 17.8. The average Bonchev–Trinajstić information content (AvgIpc) is 2.47. The Bertz CT molecular complexity index is 522. The molecule has 0 unspecified atom stereocenters. The number of benzene rings is 1. The highest BCUT2D eigenvalue weighted by Crippen LogP contribution is 2.23. The van der Waals surface area contributed by atoms with Crippen molar-refractivity contribution < 1.29 is 9.72 Å². The lowest BCUT2D eigenvalue weighted by atomic mass is 9.89. The fraction of sp³-hybridized carbons (Fsp3) is 0.500. The number of carbonyl (C=O) groups is 1. The van der Waals surface area contributed by atoms with E-state index in [1.807, 2.05) is 7.05 Å². The topological polar surface area (TPSA) is 75.5 Å². The molecule has 1 fully saturated rings. The third-order valence-electron chi connectivity index (χ3n) is 4.06.